The Morgan fingerprint density at radius 2 is 2.04 bits per heavy atom. The van der Waals surface area contributed by atoms with Crippen molar-refractivity contribution in [1.29, 1.82) is 0 Å². The molecule has 0 saturated carbocycles. The van der Waals surface area contributed by atoms with Gasteiger partial charge in [0, 0.05) is 24.7 Å². The summed E-state index contributed by atoms with van der Waals surface area (Å²) in [4.78, 5) is 11.8. The van der Waals surface area contributed by atoms with Gasteiger partial charge in [-0.25, -0.2) is 8.42 Å². The van der Waals surface area contributed by atoms with E-state index in [4.69, 9.17) is 4.74 Å². The zero-order valence-corrected chi connectivity index (χ0v) is 17.0. The van der Waals surface area contributed by atoms with Crippen molar-refractivity contribution in [3.63, 3.8) is 0 Å². The normalized spacial score (nSPS) is 17.5. The number of ether oxygens (including phenoxy) is 1. The van der Waals surface area contributed by atoms with Crippen LogP contribution >= 0.6 is 0 Å². The van der Waals surface area contributed by atoms with Crippen molar-refractivity contribution < 1.29 is 17.9 Å². The summed E-state index contributed by atoms with van der Waals surface area (Å²) in [5.74, 6) is 0.274. The molecule has 0 spiro atoms. The number of amides is 1. The maximum Gasteiger partial charge on any atom is 0.243 e. The van der Waals surface area contributed by atoms with Gasteiger partial charge in [0.2, 0.25) is 21.8 Å². The second-order valence-corrected chi connectivity index (χ2v) is 8.69. The summed E-state index contributed by atoms with van der Waals surface area (Å²) in [6.45, 7) is 5.95. The van der Waals surface area contributed by atoms with Crippen molar-refractivity contribution in [3.05, 3.63) is 41.6 Å². The largest absolute Gasteiger partial charge is 0.472 e. The molecule has 1 aromatic carbocycles. The highest BCUT2D eigenvalue weighted by atomic mass is 32.2. The summed E-state index contributed by atoms with van der Waals surface area (Å²) >= 11 is 0. The lowest BCUT2D eigenvalue weighted by molar-refractivity contribution is -0.115. The van der Waals surface area contributed by atoms with E-state index in [1.54, 1.807) is 38.1 Å². The summed E-state index contributed by atoms with van der Waals surface area (Å²) in [5, 5.41) is 10.7. The summed E-state index contributed by atoms with van der Waals surface area (Å²) in [7, 11) is -3.65. The second-order valence-electron chi connectivity index (χ2n) is 6.79. The highest BCUT2D eigenvalue weighted by Gasteiger charge is 2.34. The summed E-state index contributed by atoms with van der Waals surface area (Å²) in [6.07, 6.45) is 0.674. The zero-order valence-electron chi connectivity index (χ0n) is 16.2. The van der Waals surface area contributed by atoms with Crippen LogP contribution in [0.2, 0.25) is 0 Å². The highest BCUT2D eigenvalue weighted by molar-refractivity contribution is 7.89. The average molecular weight is 404 g/mol. The molecule has 2 heterocycles. The number of rotatable bonds is 6. The van der Waals surface area contributed by atoms with Crippen molar-refractivity contribution in [2.45, 2.75) is 44.6 Å². The van der Waals surface area contributed by atoms with E-state index in [0.29, 0.717) is 36.5 Å². The Labute approximate surface area is 165 Å². The number of sulfonamides is 1. The Morgan fingerprint density at radius 3 is 2.68 bits per heavy atom. The molecule has 150 valence electrons. The van der Waals surface area contributed by atoms with E-state index in [1.165, 1.54) is 10.4 Å². The van der Waals surface area contributed by atoms with Crippen LogP contribution in [-0.4, -0.2) is 48.0 Å². The van der Waals surface area contributed by atoms with Crippen molar-refractivity contribution >= 4 is 21.6 Å². The lowest BCUT2D eigenvalue weighted by atomic mass is 10.2. The van der Waals surface area contributed by atoms with E-state index < -0.39 is 10.0 Å². The van der Waals surface area contributed by atoms with Crippen molar-refractivity contribution in [2.24, 2.45) is 0 Å². The molecule has 28 heavy (non-hydrogen) atoms. The van der Waals surface area contributed by atoms with E-state index in [1.807, 2.05) is 6.92 Å². The van der Waals surface area contributed by atoms with E-state index in [-0.39, 0.29) is 23.5 Å². The predicted octanol–water partition coefficient (Wildman–Crippen LogP) is 2.28. The summed E-state index contributed by atoms with van der Waals surface area (Å²) < 4.78 is 33.3. The third-order valence-corrected chi connectivity index (χ3v) is 6.59. The maximum absolute atomic E-state index is 13.0. The molecule has 8 nitrogen and oxygen atoms in total. The van der Waals surface area contributed by atoms with Gasteiger partial charge in [0.25, 0.3) is 0 Å². The van der Waals surface area contributed by atoms with Crippen molar-refractivity contribution in [2.75, 3.05) is 18.4 Å². The highest BCUT2D eigenvalue weighted by Crippen LogP contribution is 2.27. The van der Waals surface area contributed by atoms with Gasteiger partial charge in [0.05, 0.1) is 17.1 Å². The van der Waals surface area contributed by atoms with Gasteiger partial charge >= 0.3 is 0 Å². The molecule has 1 atom stereocenters. The molecule has 1 unspecified atom stereocenters. The fraction of sp³-hybridized carbons (Fsp3) is 0.421. The Balaban J connectivity index is 1.71. The molecule has 0 aliphatic carbocycles. The molecular weight excluding hydrogens is 380 g/mol. The van der Waals surface area contributed by atoms with Crippen molar-refractivity contribution in [3.8, 4) is 5.88 Å². The number of anilines is 1. The Bertz CT molecular complexity index is 960. The SMILES string of the molecule is CCC(=O)Nc1ccc(S(=O)(=O)N2CCC(Oc3ccc(C)nn3)C2)c(C)c1. The molecule has 1 N–H and O–H groups in total. The molecule has 0 bridgehead atoms. The molecule has 9 heteroatoms. The van der Waals surface area contributed by atoms with Gasteiger partial charge in [-0.15, -0.1) is 5.10 Å². The number of hydrogen-bond donors (Lipinski definition) is 1. The van der Waals surface area contributed by atoms with Crippen LogP contribution in [0.3, 0.4) is 0 Å². The molecular formula is C19H24N4O4S. The molecule has 3 rings (SSSR count). The van der Waals surface area contributed by atoms with E-state index in [0.717, 1.165) is 5.69 Å². The second kappa shape index (κ2) is 8.24. The van der Waals surface area contributed by atoms with Gasteiger partial charge in [-0.2, -0.15) is 9.40 Å². The van der Waals surface area contributed by atoms with Crippen LogP contribution in [0.5, 0.6) is 5.88 Å². The smallest absolute Gasteiger partial charge is 0.243 e. The fourth-order valence-corrected chi connectivity index (χ4v) is 4.73. The third-order valence-electron chi connectivity index (χ3n) is 4.57. The number of benzene rings is 1. The number of nitrogens with zero attached hydrogens (tertiary/aromatic N) is 3. The first-order valence-electron chi connectivity index (χ1n) is 9.17. The van der Waals surface area contributed by atoms with Crippen LogP contribution in [0.15, 0.2) is 35.2 Å². The predicted molar refractivity (Wildman–Crippen MR) is 105 cm³/mol. The molecule has 2 aromatic rings. The summed E-state index contributed by atoms with van der Waals surface area (Å²) in [5.41, 5.74) is 1.96. The number of carbonyl (C=O) groups excluding carboxylic acids is 1. The van der Waals surface area contributed by atoms with Crippen LogP contribution in [0.1, 0.15) is 31.0 Å². The average Bonchev–Trinajstić information content (AvgIpc) is 3.13. The molecule has 1 saturated heterocycles. The van der Waals surface area contributed by atoms with Crippen LogP contribution in [0.4, 0.5) is 5.69 Å². The lowest BCUT2D eigenvalue weighted by Crippen LogP contribution is -2.31. The number of carbonyl (C=O) groups is 1. The first kappa shape index (κ1) is 20.2. The minimum atomic E-state index is -3.65. The fourth-order valence-electron chi connectivity index (χ4n) is 3.04. The molecule has 1 aromatic heterocycles. The molecule has 1 amide bonds. The lowest BCUT2D eigenvalue weighted by Gasteiger charge is -2.19. The molecule has 1 fully saturated rings. The number of aryl methyl sites for hydroxylation is 2. The van der Waals surface area contributed by atoms with Gasteiger partial charge in [-0.3, -0.25) is 4.79 Å². The molecule has 0 radical (unpaired) electrons. The van der Waals surface area contributed by atoms with E-state index in [2.05, 4.69) is 15.5 Å². The van der Waals surface area contributed by atoms with Crippen molar-refractivity contribution in [1.82, 2.24) is 14.5 Å². The van der Waals surface area contributed by atoms with Crippen LogP contribution < -0.4 is 10.1 Å². The van der Waals surface area contributed by atoms with Crippen LogP contribution in [0, 0.1) is 13.8 Å². The van der Waals surface area contributed by atoms with Gasteiger partial charge in [0.1, 0.15) is 6.10 Å². The zero-order chi connectivity index (χ0) is 20.3. The first-order chi connectivity index (χ1) is 13.3. The maximum atomic E-state index is 13.0. The summed E-state index contributed by atoms with van der Waals surface area (Å²) in [6, 6.07) is 8.35. The Morgan fingerprint density at radius 1 is 1.25 bits per heavy atom. The van der Waals surface area contributed by atoms with Gasteiger partial charge in [0.15, 0.2) is 0 Å². The quantitative estimate of drug-likeness (QED) is 0.793. The topological polar surface area (TPSA) is 101 Å². The minimum absolute atomic E-state index is 0.117. The van der Waals surface area contributed by atoms with Gasteiger partial charge in [-0.1, -0.05) is 6.92 Å². The number of aromatic nitrogens is 2. The van der Waals surface area contributed by atoms with Gasteiger partial charge < -0.3 is 10.1 Å². The standard InChI is InChI=1S/C19H24N4O4S/c1-4-18(24)20-15-6-7-17(13(2)11-15)28(25,26)23-10-9-16(12-23)27-19-8-5-14(3)21-22-19/h5-8,11,16H,4,9-10,12H2,1-3H3,(H,20,24). The van der Waals surface area contributed by atoms with Crippen LogP contribution in [-0.2, 0) is 14.8 Å². The molecule has 1 aliphatic rings. The first-order valence-corrected chi connectivity index (χ1v) is 10.6. The molecule has 1 aliphatic heterocycles. The Hall–Kier alpha value is -2.52. The monoisotopic (exact) mass is 404 g/mol. The van der Waals surface area contributed by atoms with E-state index >= 15 is 0 Å². The van der Waals surface area contributed by atoms with Crippen LogP contribution in [0.25, 0.3) is 0 Å². The third kappa shape index (κ3) is 4.48. The number of hydrogen-bond acceptors (Lipinski definition) is 6. The Kier molecular flexibility index (Phi) is 5.95. The number of nitrogens with one attached hydrogen (secondary N) is 1. The van der Waals surface area contributed by atoms with Gasteiger partial charge in [-0.05, 0) is 50.1 Å². The minimum Gasteiger partial charge on any atom is -0.472 e. The van der Waals surface area contributed by atoms with E-state index in [9.17, 15) is 13.2 Å².